The fraction of sp³-hybridized carbons (Fsp3) is 0.750. The van der Waals surface area contributed by atoms with Crippen molar-refractivity contribution in [2.24, 2.45) is 11.8 Å². The Balaban J connectivity index is 1.78. The second-order valence-electron chi connectivity index (χ2n) is 4.95. The van der Waals surface area contributed by atoms with E-state index < -0.39 is 0 Å². The van der Waals surface area contributed by atoms with Crippen molar-refractivity contribution in [3.05, 3.63) is 18.4 Å². The highest BCUT2D eigenvalue weighted by atomic mass is 16.3. The second-order valence-corrected chi connectivity index (χ2v) is 4.95. The van der Waals surface area contributed by atoms with E-state index in [0.717, 1.165) is 24.3 Å². The van der Waals surface area contributed by atoms with Gasteiger partial charge in [0, 0.05) is 6.54 Å². The molecule has 0 aromatic carbocycles. The number of aromatic nitrogens is 1. The van der Waals surface area contributed by atoms with Crippen LogP contribution < -0.4 is 0 Å². The van der Waals surface area contributed by atoms with Gasteiger partial charge >= 0.3 is 0 Å². The molecule has 1 atom stereocenters. The van der Waals surface area contributed by atoms with Crippen molar-refractivity contribution in [1.29, 1.82) is 0 Å². The van der Waals surface area contributed by atoms with Gasteiger partial charge in [-0.3, -0.25) is 4.90 Å². The smallest absolute Gasteiger partial charge is 0.208 e. The Labute approximate surface area is 91.5 Å². The van der Waals surface area contributed by atoms with E-state index in [1.54, 1.807) is 12.5 Å². The first-order valence-corrected chi connectivity index (χ1v) is 5.84. The lowest BCUT2D eigenvalue weighted by Crippen LogP contribution is -2.20. The lowest BCUT2D eigenvalue weighted by Gasteiger charge is -2.14. The second kappa shape index (κ2) is 4.79. The molecule has 3 nitrogen and oxygen atoms in total. The minimum Gasteiger partial charge on any atom is -0.448 e. The van der Waals surface area contributed by atoms with E-state index in [-0.39, 0.29) is 0 Å². The lowest BCUT2D eigenvalue weighted by molar-refractivity contribution is 0.274. The Morgan fingerprint density at radius 3 is 3.13 bits per heavy atom. The maximum Gasteiger partial charge on any atom is 0.208 e. The molecule has 84 valence electrons. The summed E-state index contributed by atoms with van der Waals surface area (Å²) in [6, 6.07) is 0. The first-order valence-electron chi connectivity index (χ1n) is 5.84. The van der Waals surface area contributed by atoms with Crippen LogP contribution in [0.4, 0.5) is 0 Å². The third kappa shape index (κ3) is 3.06. The third-order valence-corrected chi connectivity index (χ3v) is 3.02. The highest BCUT2D eigenvalue weighted by Crippen LogP contribution is 2.24. The molecule has 1 fully saturated rings. The minimum atomic E-state index is 0.816. The molecular formula is C12H20N2O. The summed E-state index contributed by atoms with van der Waals surface area (Å²) in [4.78, 5) is 6.60. The fourth-order valence-electron chi connectivity index (χ4n) is 2.44. The van der Waals surface area contributed by atoms with Crippen LogP contribution in [0.25, 0.3) is 0 Å². The molecule has 1 aliphatic rings. The van der Waals surface area contributed by atoms with E-state index in [1.807, 2.05) is 0 Å². The predicted octanol–water partition coefficient (Wildman–Crippen LogP) is 2.54. The van der Waals surface area contributed by atoms with Crippen molar-refractivity contribution in [3.63, 3.8) is 0 Å². The van der Waals surface area contributed by atoms with Gasteiger partial charge in [-0.15, -0.1) is 0 Å². The van der Waals surface area contributed by atoms with Crippen molar-refractivity contribution >= 4 is 0 Å². The summed E-state index contributed by atoms with van der Waals surface area (Å²) in [6.07, 6.45) is 6.05. The molecule has 0 radical (unpaired) electrons. The van der Waals surface area contributed by atoms with Gasteiger partial charge in [-0.1, -0.05) is 13.8 Å². The van der Waals surface area contributed by atoms with Crippen LogP contribution >= 0.6 is 0 Å². The van der Waals surface area contributed by atoms with Crippen LogP contribution in [0.3, 0.4) is 0 Å². The van der Waals surface area contributed by atoms with E-state index in [2.05, 4.69) is 23.7 Å². The van der Waals surface area contributed by atoms with E-state index in [1.165, 1.54) is 25.9 Å². The zero-order chi connectivity index (χ0) is 10.7. The third-order valence-electron chi connectivity index (χ3n) is 3.02. The molecule has 0 saturated carbocycles. The van der Waals surface area contributed by atoms with E-state index in [9.17, 15) is 0 Å². The monoisotopic (exact) mass is 208 g/mol. The van der Waals surface area contributed by atoms with Crippen LogP contribution in [-0.4, -0.2) is 23.0 Å². The largest absolute Gasteiger partial charge is 0.448 e. The molecule has 1 saturated heterocycles. The van der Waals surface area contributed by atoms with Crippen LogP contribution in [0, 0.1) is 11.8 Å². The molecule has 0 bridgehead atoms. The summed E-state index contributed by atoms with van der Waals surface area (Å²) in [6.45, 7) is 7.88. The summed E-state index contributed by atoms with van der Waals surface area (Å²) in [5.74, 6) is 2.54. The number of oxazole rings is 1. The molecule has 3 heteroatoms. The van der Waals surface area contributed by atoms with E-state index in [0.29, 0.717) is 0 Å². The van der Waals surface area contributed by atoms with Crippen molar-refractivity contribution in [2.75, 3.05) is 13.1 Å². The van der Waals surface area contributed by atoms with Crippen molar-refractivity contribution in [3.8, 4) is 0 Å². The summed E-state index contributed by atoms with van der Waals surface area (Å²) < 4.78 is 5.26. The quantitative estimate of drug-likeness (QED) is 0.761. The van der Waals surface area contributed by atoms with Crippen LogP contribution in [0.1, 0.15) is 32.6 Å². The molecular weight excluding hydrogens is 188 g/mol. The molecule has 0 spiro atoms. The van der Waals surface area contributed by atoms with Gasteiger partial charge in [0.25, 0.3) is 0 Å². The Kier molecular flexibility index (Phi) is 3.41. The zero-order valence-corrected chi connectivity index (χ0v) is 9.65. The topological polar surface area (TPSA) is 29.3 Å². The average molecular weight is 208 g/mol. The Morgan fingerprint density at radius 2 is 2.47 bits per heavy atom. The molecule has 1 unspecified atom stereocenters. The van der Waals surface area contributed by atoms with Gasteiger partial charge in [0.05, 0.1) is 12.7 Å². The van der Waals surface area contributed by atoms with Crippen LogP contribution in [0.2, 0.25) is 0 Å². The highest BCUT2D eigenvalue weighted by Gasteiger charge is 2.23. The van der Waals surface area contributed by atoms with Crippen LogP contribution in [0.5, 0.6) is 0 Å². The first-order chi connectivity index (χ1) is 7.24. The molecule has 0 amide bonds. The maximum absolute atomic E-state index is 5.26. The lowest BCUT2D eigenvalue weighted by atomic mass is 9.97. The first kappa shape index (κ1) is 10.7. The van der Waals surface area contributed by atoms with Gasteiger partial charge in [-0.25, -0.2) is 4.98 Å². The normalized spacial score (nSPS) is 22.7. The van der Waals surface area contributed by atoms with Crippen molar-refractivity contribution < 1.29 is 4.42 Å². The number of nitrogens with zero attached hydrogens (tertiary/aromatic N) is 2. The number of hydrogen-bond donors (Lipinski definition) is 0. The summed E-state index contributed by atoms with van der Waals surface area (Å²) >= 11 is 0. The molecule has 15 heavy (non-hydrogen) atoms. The predicted molar refractivity (Wildman–Crippen MR) is 59.3 cm³/mol. The zero-order valence-electron chi connectivity index (χ0n) is 9.65. The van der Waals surface area contributed by atoms with Gasteiger partial charge in [-0.05, 0) is 31.2 Å². The minimum absolute atomic E-state index is 0.816. The van der Waals surface area contributed by atoms with Crippen molar-refractivity contribution in [2.45, 2.75) is 33.2 Å². The summed E-state index contributed by atoms with van der Waals surface area (Å²) in [7, 11) is 0. The average Bonchev–Trinajstić information content (AvgIpc) is 2.77. The summed E-state index contributed by atoms with van der Waals surface area (Å²) in [5.41, 5.74) is 0. The van der Waals surface area contributed by atoms with Crippen molar-refractivity contribution in [1.82, 2.24) is 9.88 Å². The Hall–Kier alpha value is -0.830. The fourth-order valence-corrected chi connectivity index (χ4v) is 2.44. The summed E-state index contributed by atoms with van der Waals surface area (Å²) in [5, 5.41) is 0. The molecule has 0 aliphatic carbocycles. The standard InChI is InChI=1S/C12H20N2O/c1-10(2)7-11-3-5-14(8-11)9-12-13-4-6-15-12/h4,6,10-11H,3,5,7-9H2,1-2H3. The SMILES string of the molecule is CC(C)CC1CCN(Cc2ncco2)C1. The van der Waals surface area contributed by atoms with Gasteiger partial charge in [0.15, 0.2) is 0 Å². The van der Waals surface area contributed by atoms with Gasteiger partial charge in [0.1, 0.15) is 6.26 Å². The van der Waals surface area contributed by atoms with Crippen LogP contribution in [-0.2, 0) is 6.54 Å². The van der Waals surface area contributed by atoms with E-state index >= 15 is 0 Å². The van der Waals surface area contributed by atoms with Crippen LogP contribution in [0.15, 0.2) is 16.9 Å². The number of hydrogen-bond acceptors (Lipinski definition) is 3. The van der Waals surface area contributed by atoms with Gasteiger partial charge < -0.3 is 4.42 Å². The Bertz CT molecular complexity index is 282. The van der Waals surface area contributed by atoms with E-state index in [4.69, 9.17) is 4.42 Å². The molecule has 1 aromatic heterocycles. The molecule has 2 heterocycles. The van der Waals surface area contributed by atoms with Gasteiger partial charge in [0.2, 0.25) is 5.89 Å². The molecule has 1 aliphatic heterocycles. The molecule has 1 aromatic rings. The molecule has 2 rings (SSSR count). The highest BCUT2D eigenvalue weighted by molar-refractivity contribution is 4.84. The molecule has 0 N–H and O–H groups in total. The maximum atomic E-state index is 5.26. The van der Waals surface area contributed by atoms with Gasteiger partial charge in [-0.2, -0.15) is 0 Å². The number of rotatable bonds is 4. The number of likely N-dealkylation sites (tertiary alicyclic amines) is 1. The Morgan fingerprint density at radius 1 is 1.60 bits per heavy atom.